The van der Waals surface area contributed by atoms with Gasteiger partial charge in [-0.3, -0.25) is 25.2 Å². The molecule has 0 aromatic heterocycles. The number of carbonyl (C=O) groups is 3. The lowest BCUT2D eigenvalue weighted by molar-refractivity contribution is 0.0846. The van der Waals surface area contributed by atoms with Crippen LogP contribution in [0.2, 0.25) is 10.0 Å². The van der Waals surface area contributed by atoms with Gasteiger partial charge in [0.15, 0.2) is 0 Å². The maximum absolute atomic E-state index is 12.3. The summed E-state index contributed by atoms with van der Waals surface area (Å²) in [6.45, 7) is 0. The van der Waals surface area contributed by atoms with Crippen molar-refractivity contribution in [3.8, 4) is 5.75 Å². The third-order valence-electron chi connectivity index (χ3n) is 4.22. The zero-order valence-electron chi connectivity index (χ0n) is 16.2. The molecule has 0 unspecified atom stereocenters. The molecule has 7 nitrogen and oxygen atoms in total. The second-order valence-electron chi connectivity index (χ2n) is 6.29. The van der Waals surface area contributed by atoms with Crippen molar-refractivity contribution < 1.29 is 19.1 Å². The summed E-state index contributed by atoms with van der Waals surface area (Å²) in [5, 5.41) is 3.34. The predicted molar refractivity (Wildman–Crippen MR) is 119 cm³/mol. The Morgan fingerprint density at radius 2 is 1.29 bits per heavy atom. The summed E-state index contributed by atoms with van der Waals surface area (Å²) in [6.07, 6.45) is 0. The van der Waals surface area contributed by atoms with Crippen LogP contribution in [-0.2, 0) is 0 Å². The van der Waals surface area contributed by atoms with Crippen LogP contribution in [0.25, 0.3) is 0 Å². The van der Waals surface area contributed by atoms with Crippen molar-refractivity contribution in [2.24, 2.45) is 0 Å². The van der Waals surface area contributed by atoms with Crippen molar-refractivity contribution in [3.63, 3.8) is 0 Å². The fraction of sp³-hybridized carbons (Fsp3) is 0.0455. The van der Waals surface area contributed by atoms with Gasteiger partial charge in [0, 0.05) is 21.8 Å². The molecule has 3 N–H and O–H groups in total. The van der Waals surface area contributed by atoms with Crippen molar-refractivity contribution in [1.29, 1.82) is 0 Å². The summed E-state index contributed by atoms with van der Waals surface area (Å²) in [4.78, 5) is 36.7. The summed E-state index contributed by atoms with van der Waals surface area (Å²) in [6, 6.07) is 17.1. The summed E-state index contributed by atoms with van der Waals surface area (Å²) in [7, 11) is 1.53. The van der Waals surface area contributed by atoms with Crippen molar-refractivity contribution >= 4 is 46.6 Å². The lowest BCUT2D eigenvalue weighted by Crippen LogP contribution is -2.41. The third-order valence-corrected chi connectivity index (χ3v) is 4.77. The number of halogens is 2. The van der Waals surface area contributed by atoms with E-state index in [9.17, 15) is 14.4 Å². The van der Waals surface area contributed by atoms with Gasteiger partial charge in [-0.15, -0.1) is 0 Å². The number of hydrazine groups is 1. The molecule has 0 saturated heterocycles. The molecule has 0 atom stereocenters. The van der Waals surface area contributed by atoms with Crippen molar-refractivity contribution in [2.45, 2.75) is 0 Å². The molecule has 3 rings (SSSR count). The van der Waals surface area contributed by atoms with E-state index in [1.54, 1.807) is 42.5 Å². The molecule has 0 fully saturated rings. The molecule has 0 heterocycles. The predicted octanol–water partition coefficient (Wildman–Crippen LogP) is 4.33. The Labute approximate surface area is 188 Å². The molecule has 3 aromatic rings. The SMILES string of the molecule is COc1ccc(C(=O)NNC(=O)c2ccc(NC(=O)c3ccc(Cl)cc3Cl)cc2)cc1. The first-order valence-electron chi connectivity index (χ1n) is 8.98. The minimum absolute atomic E-state index is 0.230. The molecule has 0 aliphatic carbocycles. The van der Waals surface area contributed by atoms with E-state index in [4.69, 9.17) is 27.9 Å². The molecule has 158 valence electrons. The number of carbonyl (C=O) groups excluding carboxylic acids is 3. The number of hydrogen-bond acceptors (Lipinski definition) is 4. The fourth-order valence-corrected chi connectivity index (χ4v) is 3.07. The van der Waals surface area contributed by atoms with E-state index in [-0.39, 0.29) is 16.1 Å². The maximum Gasteiger partial charge on any atom is 0.269 e. The Morgan fingerprint density at radius 1 is 0.742 bits per heavy atom. The molecule has 9 heteroatoms. The number of hydrogen-bond donors (Lipinski definition) is 3. The van der Waals surface area contributed by atoms with Crippen LogP contribution >= 0.6 is 23.2 Å². The standard InChI is InChI=1S/C22H17Cl2N3O4/c1-31-17-9-4-14(5-10-17)21(29)27-26-20(28)13-2-7-16(8-3-13)25-22(30)18-11-6-15(23)12-19(18)24/h2-12H,1H3,(H,25,30)(H,26,28)(H,27,29). The number of nitrogens with one attached hydrogen (secondary N) is 3. The van der Waals surface area contributed by atoms with Crippen LogP contribution in [0, 0.1) is 0 Å². The van der Waals surface area contributed by atoms with Gasteiger partial charge in [-0.05, 0) is 66.7 Å². The highest BCUT2D eigenvalue weighted by molar-refractivity contribution is 6.37. The molecule has 3 amide bonds. The first kappa shape index (κ1) is 22.1. The van der Waals surface area contributed by atoms with Gasteiger partial charge in [-0.25, -0.2) is 0 Å². The first-order valence-corrected chi connectivity index (χ1v) is 9.74. The molecular weight excluding hydrogens is 441 g/mol. The molecule has 0 saturated carbocycles. The van der Waals surface area contributed by atoms with Gasteiger partial charge < -0.3 is 10.1 Å². The maximum atomic E-state index is 12.3. The van der Waals surface area contributed by atoms with E-state index in [1.807, 2.05) is 0 Å². The topological polar surface area (TPSA) is 96.5 Å². The lowest BCUT2D eigenvalue weighted by atomic mass is 10.1. The number of rotatable bonds is 5. The molecule has 0 spiro atoms. The molecule has 31 heavy (non-hydrogen) atoms. The Bertz CT molecular complexity index is 1120. The second kappa shape index (κ2) is 9.97. The van der Waals surface area contributed by atoms with Crippen LogP contribution in [0.4, 0.5) is 5.69 Å². The Kier molecular flexibility index (Phi) is 7.12. The van der Waals surface area contributed by atoms with E-state index < -0.39 is 17.7 Å². The Hall–Kier alpha value is -3.55. The minimum atomic E-state index is -0.513. The monoisotopic (exact) mass is 457 g/mol. The summed E-state index contributed by atoms with van der Waals surface area (Å²) in [5.74, 6) is -0.781. The van der Waals surface area contributed by atoms with Crippen LogP contribution < -0.4 is 20.9 Å². The van der Waals surface area contributed by atoms with E-state index in [1.165, 1.54) is 31.4 Å². The van der Waals surface area contributed by atoms with Crippen LogP contribution in [-0.4, -0.2) is 24.8 Å². The zero-order valence-corrected chi connectivity index (χ0v) is 17.8. The Morgan fingerprint density at radius 3 is 1.81 bits per heavy atom. The van der Waals surface area contributed by atoms with Gasteiger partial charge in [0.05, 0.1) is 17.7 Å². The zero-order chi connectivity index (χ0) is 22.4. The summed E-state index contributed by atoms with van der Waals surface area (Å²) in [5.41, 5.74) is 6.07. The van der Waals surface area contributed by atoms with Gasteiger partial charge in [-0.1, -0.05) is 23.2 Å². The smallest absolute Gasteiger partial charge is 0.269 e. The summed E-state index contributed by atoms with van der Waals surface area (Å²) >= 11 is 11.9. The molecule has 0 bridgehead atoms. The van der Waals surface area contributed by atoms with Crippen molar-refractivity contribution in [3.05, 3.63) is 93.5 Å². The molecular formula is C22H17Cl2N3O4. The number of amides is 3. The van der Waals surface area contributed by atoms with Crippen molar-refractivity contribution in [1.82, 2.24) is 10.9 Å². The molecule has 0 aliphatic rings. The van der Waals surface area contributed by atoms with Crippen LogP contribution in [0.1, 0.15) is 31.1 Å². The van der Waals surface area contributed by atoms with Gasteiger partial charge >= 0.3 is 0 Å². The largest absolute Gasteiger partial charge is 0.497 e. The minimum Gasteiger partial charge on any atom is -0.497 e. The van der Waals surface area contributed by atoms with E-state index in [0.29, 0.717) is 22.0 Å². The van der Waals surface area contributed by atoms with Gasteiger partial charge in [0.25, 0.3) is 17.7 Å². The highest BCUT2D eigenvalue weighted by atomic mass is 35.5. The molecule has 0 aliphatic heterocycles. The summed E-state index contributed by atoms with van der Waals surface area (Å²) < 4.78 is 5.03. The normalized spacial score (nSPS) is 10.2. The van der Waals surface area contributed by atoms with E-state index in [0.717, 1.165) is 0 Å². The van der Waals surface area contributed by atoms with Crippen molar-refractivity contribution in [2.75, 3.05) is 12.4 Å². The first-order chi connectivity index (χ1) is 14.9. The van der Waals surface area contributed by atoms with Crippen LogP contribution in [0.3, 0.4) is 0 Å². The van der Waals surface area contributed by atoms with Crippen LogP contribution in [0.15, 0.2) is 66.7 Å². The Balaban J connectivity index is 1.56. The second-order valence-corrected chi connectivity index (χ2v) is 7.14. The quantitative estimate of drug-likeness (QED) is 0.496. The van der Waals surface area contributed by atoms with Gasteiger partial charge in [0.2, 0.25) is 0 Å². The number of benzene rings is 3. The van der Waals surface area contributed by atoms with E-state index in [2.05, 4.69) is 16.2 Å². The number of anilines is 1. The third kappa shape index (κ3) is 5.75. The number of ether oxygens (including phenoxy) is 1. The van der Waals surface area contributed by atoms with E-state index >= 15 is 0 Å². The highest BCUT2D eigenvalue weighted by Gasteiger charge is 2.12. The average molecular weight is 458 g/mol. The van der Waals surface area contributed by atoms with Gasteiger partial charge in [-0.2, -0.15) is 0 Å². The fourth-order valence-electron chi connectivity index (χ4n) is 2.58. The lowest BCUT2D eigenvalue weighted by Gasteiger charge is -2.10. The highest BCUT2D eigenvalue weighted by Crippen LogP contribution is 2.22. The van der Waals surface area contributed by atoms with Gasteiger partial charge in [0.1, 0.15) is 5.75 Å². The average Bonchev–Trinajstić information content (AvgIpc) is 2.77. The number of methoxy groups -OCH3 is 1. The van der Waals surface area contributed by atoms with Crippen LogP contribution in [0.5, 0.6) is 5.75 Å². The molecule has 0 radical (unpaired) electrons. The molecule has 3 aromatic carbocycles.